The van der Waals surface area contributed by atoms with Crippen LogP contribution in [-0.2, 0) is 4.79 Å². The van der Waals surface area contributed by atoms with Gasteiger partial charge in [-0.25, -0.2) is 27.4 Å². The molecule has 4 rings (SSSR count). The van der Waals surface area contributed by atoms with Gasteiger partial charge in [0.15, 0.2) is 17.5 Å². The molecule has 1 amide bonds. The number of nitrogens with one attached hydrogen (secondary N) is 1. The van der Waals surface area contributed by atoms with Gasteiger partial charge in [0.2, 0.25) is 5.91 Å². The predicted octanol–water partition coefficient (Wildman–Crippen LogP) is 5.26. The van der Waals surface area contributed by atoms with Crippen molar-refractivity contribution in [1.29, 1.82) is 0 Å². The lowest BCUT2D eigenvalue weighted by Gasteiger charge is -2.40. The number of piperidine rings is 1. The second-order valence-corrected chi connectivity index (χ2v) is 9.52. The largest absolute Gasteiger partial charge is 0.497 e. The smallest absolute Gasteiger partial charge is 0.249 e. The number of rotatable bonds is 10. The SMILES string of the molecule is COc1ccc2ncc(F)c(C(F)CCC3(C(=O)NO)CCN(CCOc4cc(F)c(F)c(F)c4)CC3)c2c1. The molecule has 12 heteroatoms. The Balaban J connectivity index is 1.39. The van der Waals surface area contributed by atoms with Crippen LogP contribution < -0.4 is 15.0 Å². The van der Waals surface area contributed by atoms with Crippen LogP contribution in [0.3, 0.4) is 0 Å². The van der Waals surface area contributed by atoms with E-state index in [0.717, 1.165) is 18.3 Å². The Hall–Kier alpha value is -3.51. The number of carbonyl (C=O) groups is 1. The van der Waals surface area contributed by atoms with Gasteiger partial charge >= 0.3 is 0 Å². The van der Waals surface area contributed by atoms with Gasteiger partial charge in [-0.3, -0.25) is 19.9 Å². The molecule has 39 heavy (non-hydrogen) atoms. The molecule has 210 valence electrons. The molecule has 0 saturated carbocycles. The van der Waals surface area contributed by atoms with E-state index in [2.05, 4.69) is 4.98 Å². The van der Waals surface area contributed by atoms with E-state index in [-0.39, 0.29) is 49.0 Å². The lowest BCUT2D eigenvalue weighted by Crippen LogP contribution is -2.49. The number of pyridine rings is 1. The van der Waals surface area contributed by atoms with Gasteiger partial charge < -0.3 is 9.47 Å². The number of alkyl halides is 1. The number of likely N-dealkylation sites (tertiary alicyclic amines) is 1. The first-order valence-corrected chi connectivity index (χ1v) is 12.4. The summed E-state index contributed by atoms with van der Waals surface area (Å²) in [4.78, 5) is 18.6. The molecule has 0 aliphatic carbocycles. The standard InChI is InChI=1S/C27H28F5N3O4/c1-38-16-2-3-23-18(12-16)24(22(31)15-33-23)19(28)4-5-27(26(36)34-37)6-8-35(9-7-27)10-11-39-17-13-20(29)25(32)21(30)14-17/h2-3,12-15,19,37H,4-11H2,1H3,(H,34,36). The molecule has 1 fully saturated rings. The van der Waals surface area contributed by atoms with E-state index in [0.29, 0.717) is 30.9 Å². The lowest BCUT2D eigenvalue weighted by molar-refractivity contribution is -0.143. The Bertz CT molecular complexity index is 1310. The number of aromatic nitrogens is 1. The molecule has 0 spiro atoms. The zero-order chi connectivity index (χ0) is 28.2. The summed E-state index contributed by atoms with van der Waals surface area (Å²) in [7, 11) is 1.44. The molecule has 2 heterocycles. The van der Waals surface area contributed by atoms with E-state index in [1.54, 1.807) is 17.6 Å². The highest BCUT2D eigenvalue weighted by Gasteiger charge is 2.41. The van der Waals surface area contributed by atoms with Crippen LogP contribution in [0.5, 0.6) is 11.5 Å². The number of methoxy groups -OCH3 is 1. The molecule has 2 N–H and O–H groups in total. The van der Waals surface area contributed by atoms with Crippen molar-refractivity contribution in [2.45, 2.75) is 31.9 Å². The van der Waals surface area contributed by atoms with Crippen LogP contribution in [0.25, 0.3) is 10.9 Å². The topological polar surface area (TPSA) is 83.9 Å². The average molecular weight is 554 g/mol. The predicted molar refractivity (Wildman–Crippen MR) is 131 cm³/mol. The first kappa shape index (κ1) is 28.5. The van der Waals surface area contributed by atoms with Gasteiger partial charge in [0.25, 0.3) is 0 Å². The van der Waals surface area contributed by atoms with Gasteiger partial charge in [-0.05, 0) is 57.0 Å². The molecular weight excluding hydrogens is 525 g/mol. The Morgan fingerprint density at radius 1 is 1.10 bits per heavy atom. The maximum absolute atomic E-state index is 15.5. The molecule has 0 radical (unpaired) electrons. The van der Waals surface area contributed by atoms with E-state index >= 15 is 4.39 Å². The van der Waals surface area contributed by atoms with Crippen LogP contribution in [0, 0.1) is 28.7 Å². The van der Waals surface area contributed by atoms with Crippen LogP contribution >= 0.6 is 0 Å². The maximum atomic E-state index is 15.5. The maximum Gasteiger partial charge on any atom is 0.249 e. The van der Waals surface area contributed by atoms with Gasteiger partial charge in [-0.1, -0.05) is 0 Å². The average Bonchev–Trinajstić information content (AvgIpc) is 2.94. The van der Waals surface area contributed by atoms with E-state index in [1.807, 2.05) is 4.90 Å². The van der Waals surface area contributed by atoms with Crippen molar-refractivity contribution in [3.05, 3.63) is 65.4 Å². The zero-order valence-corrected chi connectivity index (χ0v) is 21.2. The Labute approximate surface area is 221 Å². The number of halogens is 5. The highest BCUT2D eigenvalue weighted by atomic mass is 19.2. The molecule has 1 aromatic heterocycles. The first-order valence-electron chi connectivity index (χ1n) is 12.4. The summed E-state index contributed by atoms with van der Waals surface area (Å²) in [5, 5.41) is 9.65. The Kier molecular flexibility index (Phi) is 8.86. The van der Waals surface area contributed by atoms with E-state index in [4.69, 9.17) is 9.47 Å². The van der Waals surface area contributed by atoms with E-state index in [9.17, 15) is 27.6 Å². The van der Waals surface area contributed by atoms with Crippen molar-refractivity contribution in [2.75, 3.05) is 33.4 Å². The summed E-state index contributed by atoms with van der Waals surface area (Å²) in [6.45, 7) is 1.18. The Morgan fingerprint density at radius 3 is 2.44 bits per heavy atom. The van der Waals surface area contributed by atoms with Crippen LogP contribution in [0.2, 0.25) is 0 Å². The quantitative estimate of drug-likeness (QED) is 0.154. The minimum Gasteiger partial charge on any atom is -0.497 e. The van der Waals surface area contributed by atoms with Crippen LogP contribution in [0.15, 0.2) is 36.5 Å². The van der Waals surface area contributed by atoms with Gasteiger partial charge in [0.05, 0.1) is 24.2 Å². The lowest BCUT2D eigenvalue weighted by atomic mass is 9.73. The fraction of sp³-hybridized carbons (Fsp3) is 0.407. The van der Waals surface area contributed by atoms with Crippen molar-refractivity contribution < 1.29 is 41.4 Å². The number of ether oxygens (including phenoxy) is 2. The van der Waals surface area contributed by atoms with Gasteiger partial charge in [0, 0.05) is 29.6 Å². The molecule has 1 saturated heterocycles. The number of hydroxylamine groups is 1. The summed E-state index contributed by atoms with van der Waals surface area (Å²) in [5.74, 6) is -5.47. The fourth-order valence-corrected chi connectivity index (χ4v) is 4.98. The van der Waals surface area contributed by atoms with E-state index in [1.165, 1.54) is 13.2 Å². The third kappa shape index (κ3) is 6.22. The van der Waals surface area contributed by atoms with Gasteiger partial charge in [0.1, 0.15) is 30.1 Å². The van der Waals surface area contributed by atoms with Crippen LogP contribution in [0.4, 0.5) is 22.0 Å². The number of hydrogen-bond acceptors (Lipinski definition) is 6. The molecular formula is C27H28F5N3O4. The van der Waals surface area contributed by atoms with E-state index < -0.39 is 40.8 Å². The third-order valence-corrected chi connectivity index (χ3v) is 7.29. The van der Waals surface area contributed by atoms with Gasteiger partial charge in [-0.15, -0.1) is 0 Å². The zero-order valence-electron chi connectivity index (χ0n) is 21.2. The molecule has 1 atom stereocenters. The number of carbonyl (C=O) groups excluding carboxylic acids is 1. The summed E-state index contributed by atoms with van der Waals surface area (Å²) in [6.07, 6.45) is -0.354. The first-order chi connectivity index (χ1) is 18.7. The number of amides is 1. The van der Waals surface area contributed by atoms with Crippen molar-refractivity contribution in [3.8, 4) is 11.5 Å². The van der Waals surface area contributed by atoms with Crippen molar-refractivity contribution >= 4 is 16.8 Å². The third-order valence-electron chi connectivity index (χ3n) is 7.29. The fourth-order valence-electron chi connectivity index (χ4n) is 4.98. The molecule has 7 nitrogen and oxygen atoms in total. The molecule has 1 aliphatic heterocycles. The number of hydrogen-bond donors (Lipinski definition) is 2. The van der Waals surface area contributed by atoms with Crippen LogP contribution in [-0.4, -0.2) is 54.3 Å². The van der Waals surface area contributed by atoms with Crippen molar-refractivity contribution in [3.63, 3.8) is 0 Å². The molecule has 1 aliphatic rings. The summed E-state index contributed by atoms with van der Waals surface area (Å²) >= 11 is 0. The Morgan fingerprint density at radius 2 is 1.79 bits per heavy atom. The van der Waals surface area contributed by atoms with Crippen molar-refractivity contribution in [2.24, 2.45) is 5.41 Å². The highest BCUT2D eigenvalue weighted by molar-refractivity contribution is 5.84. The number of nitrogens with zero attached hydrogens (tertiary/aromatic N) is 2. The van der Waals surface area contributed by atoms with Crippen LogP contribution in [0.1, 0.15) is 37.4 Å². The second-order valence-electron chi connectivity index (χ2n) is 9.52. The molecule has 3 aromatic rings. The number of benzene rings is 2. The molecule has 0 bridgehead atoms. The summed E-state index contributed by atoms with van der Waals surface area (Å²) in [6, 6.07) is 6.26. The highest BCUT2D eigenvalue weighted by Crippen LogP contribution is 2.41. The number of fused-ring (bicyclic) bond motifs is 1. The van der Waals surface area contributed by atoms with Gasteiger partial charge in [-0.2, -0.15) is 0 Å². The minimum absolute atomic E-state index is 0.0479. The molecule has 1 unspecified atom stereocenters. The normalized spacial score (nSPS) is 16.2. The van der Waals surface area contributed by atoms with Crippen molar-refractivity contribution in [1.82, 2.24) is 15.4 Å². The summed E-state index contributed by atoms with van der Waals surface area (Å²) < 4.78 is 80.6. The second kappa shape index (κ2) is 12.1. The monoisotopic (exact) mass is 553 g/mol. The summed E-state index contributed by atoms with van der Waals surface area (Å²) in [5.41, 5.74) is 0.833. The minimum atomic E-state index is -1.74. The molecule has 2 aromatic carbocycles.